The highest BCUT2D eigenvalue weighted by Gasteiger charge is 2.40. The molecule has 1 aromatic carbocycles. The zero-order chi connectivity index (χ0) is 14.1. The van der Waals surface area contributed by atoms with Gasteiger partial charge < -0.3 is 9.84 Å². The molecule has 1 aromatic rings. The minimum absolute atomic E-state index is 0.179. The van der Waals surface area contributed by atoms with Gasteiger partial charge >= 0.3 is 0 Å². The maximum atomic E-state index is 10.9. The van der Waals surface area contributed by atoms with Crippen LogP contribution in [0.2, 0.25) is 0 Å². The van der Waals surface area contributed by atoms with Crippen LogP contribution in [0.3, 0.4) is 0 Å². The number of rotatable bonds is 3. The van der Waals surface area contributed by atoms with Crippen molar-refractivity contribution in [3.8, 4) is 5.75 Å². The summed E-state index contributed by atoms with van der Waals surface area (Å²) in [7, 11) is 0. The number of benzene rings is 1. The number of thioether (sulfide) groups is 1. The Morgan fingerprint density at radius 1 is 1.16 bits per heavy atom. The Bertz CT molecular complexity index is 425. The first-order valence-electron chi connectivity index (χ1n) is 6.88. The average molecular weight is 280 g/mol. The molecule has 0 radical (unpaired) electrons. The highest BCUT2D eigenvalue weighted by molar-refractivity contribution is 7.99. The molecule has 2 rings (SSSR count). The quantitative estimate of drug-likeness (QED) is 0.912. The zero-order valence-electron chi connectivity index (χ0n) is 12.3. The summed E-state index contributed by atoms with van der Waals surface area (Å²) in [6.07, 6.45) is 0.996. The summed E-state index contributed by atoms with van der Waals surface area (Å²) < 4.78 is 5.64. The molecule has 106 valence electrons. The van der Waals surface area contributed by atoms with Crippen molar-refractivity contribution in [2.75, 3.05) is 11.5 Å². The molecule has 0 amide bonds. The smallest absolute Gasteiger partial charge is 0.119 e. The molecule has 1 saturated heterocycles. The predicted octanol–water partition coefficient (Wildman–Crippen LogP) is 3.82. The van der Waals surface area contributed by atoms with Crippen LogP contribution in [0.25, 0.3) is 0 Å². The monoisotopic (exact) mass is 280 g/mol. The summed E-state index contributed by atoms with van der Waals surface area (Å²) in [5.41, 5.74) is 0.483. The molecule has 2 nitrogen and oxygen atoms in total. The standard InChI is InChI=1S/C16H24O2S/c1-12(2)18-14-7-5-13(6-8-14)16(17)9-15(3,4)10-19-11-16/h5-8,12,17H,9-11H2,1-4H3. The largest absolute Gasteiger partial charge is 0.491 e. The third kappa shape index (κ3) is 3.67. The molecule has 1 aliphatic heterocycles. The lowest BCUT2D eigenvalue weighted by molar-refractivity contribution is 0.0156. The molecular formula is C16H24O2S. The Kier molecular flexibility index (Phi) is 4.17. The van der Waals surface area contributed by atoms with Crippen LogP contribution in [0.1, 0.15) is 39.7 Å². The molecule has 0 bridgehead atoms. The van der Waals surface area contributed by atoms with Crippen molar-refractivity contribution in [1.29, 1.82) is 0 Å². The summed E-state index contributed by atoms with van der Waals surface area (Å²) in [5, 5.41) is 10.9. The molecule has 0 saturated carbocycles. The van der Waals surface area contributed by atoms with Gasteiger partial charge in [-0.3, -0.25) is 0 Å². The Morgan fingerprint density at radius 2 is 1.79 bits per heavy atom. The Morgan fingerprint density at radius 3 is 2.32 bits per heavy atom. The second-order valence-corrected chi connectivity index (χ2v) is 7.54. The van der Waals surface area contributed by atoms with Crippen molar-refractivity contribution in [1.82, 2.24) is 0 Å². The van der Waals surface area contributed by atoms with E-state index in [-0.39, 0.29) is 11.5 Å². The second kappa shape index (κ2) is 5.37. The van der Waals surface area contributed by atoms with Crippen LogP contribution in [0.5, 0.6) is 5.75 Å². The van der Waals surface area contributed by atoms with E-state index >= 15 is 0 Å². The van der Waals surface area contributed by atoms with Crippen molar-refractivity contribution in [3.05, 3.63) is 29.8 Å². The number of hydrogen-bond acceptors (Lipinski definition) is 3. The first-order chi connectivity index (χ1) is 8.81. The lowest BCUT2D eigenvalue weighted by atomic mass is 9.78. The zero-order valence-corrected chi connectivity index (χ0v) is 13.1. The first kappa shape index (κ1) is 14.7. The van der Waals surface area contributed by atoms with E-state index in [2.05, 4.69) is 13.8 Å². The fourth-order valence-electron chi connectivity index (χ4n) is 2.69. The molecule has 1 atom stereocenters. The fourth-order valence-corrected chi connectivity index (χ4v) is 4.05. The maximum Gasteiger partial charge on any atom is 0.119 e. The van der Waals surface area contributed by atoms with Crippen LogP contribution in [0, 0.1) is 5.41 Å². The van der Waals surface area contributed by atoms with E-state index in [1.807, 2.05) is 49.9 Å². The van der Waals surface area contributed by atoms with Crippen molar-refractivity contribution < 1.29 is 9.84 Å². The summed E-state index contributed by atoms with van der Waals surface area (Å²) in [6.45, 7) is 8.48. The molecule has 1 heterocycles. The molecule has 3 heteroatoms. The summed E-state index contributed by atoms with van der Waals surface area (Å²) in [4.78, 5) is 0. The van der Waals surface area contributed by atoms with Gasteiger partial charge in [-0.2, -0.15) is 11.8 Å². The predicted molar refractivity (Wildman–Crippen MR) is 81.8 cm³/mol. The van der Waals surface area contributed by atoms with Gasteiger partial charge in [0, 0.05) is 5.75 Å². The minimum atomic E-state index is -0.706. The molecule has 1 aliphatic rings. The lowest BCUT2D eigenvalue weighted by Crippen LogP contribution is -2.40. The van der Waals surface area contributed by atoms with Gasteiger partial charge in [-0.1, -0.05) is 26.0 Å². The summed E-state index contributed by atoms with van der Waals surface area (Å²) in [6, 6.07) is 7.92. The van der Waals surface area contributed by atoms with Crippen molar-refractivity contribution in [2.45, 2.75) is 45.8 Å². The highest BCUT2D eigenvalue weighted by atomic mass is 32.2. The van der Waals surface area contributed by atoms with E-state index in [0.717, 1.165) is 29.2 Å². The van der Waals surface area contributed by atoms with Gasteiger partial charge in [-0.25, -0.2) is 0 Å². The number of aliphatic hydroxyl groups is 1. The van der Waals surface area contributed by atoms with Gasteiger partial charge in [0.05, 0.1) is 11.7 Å². The summed E-state index contributed by atoms with van der Waals surface area (Å²) in [5.74, 6) is 2.76. The number of ether oxygens (including phenoxy) is 1. The molecule has 1 unspecified atom stereocenters. The SMILES string of the molecule is CC(C)Oc1ccc(C2(O)CSCC(C)(C)C2)cc1. The van der Waals surface area contributed by atoms with Crippen LogP contribution in [-0.4, -0.2) is 22.7 Å². The van der Waals surface area contributed by atoms with Crippen molar-refractivity contribution >= 4 is 11.8 Å². The Balaban J connectivity index is 2.16. The normalized spacial score (nSPS) is 26.4. The third-order valence-electron chi connectivity index (χ3n) is 3.37. The van der Waals surface area contributed by atoms with Gasteiger partial charge in [0.1, 0.15) is 5.75 Å². The van der Waals surface area contributed by atoms with E-state index in [1.165, 1.54) is 0 Å². The van der Waals surface area contributed by atoms with E-state index in [0.29, 0.717) is 0 Å². The highest BCUT2D eigenvalue weighted by Crippen LogP contribution is 2.44. The van der Waals surface area contributed by atoms with Crippen LogP contribution >= 0.6 is 11.8 Å². The van der Waals surface area contributed by atoms with Gasteiger partial charge in [0.2, 0.25) is 0 Å². The van der Waals surface area contributed by atoms with Crippen LogP contribution in [-0.2, 0) is 5.60 Å². The van der Waals surface area contributed by atoms with Crippen LogP contribution in [0.15, 0.2) is 24.3 Å². The minimum Gasteiger partial charge on any atom is -0.491 e. The van der Waals surface area contributed by atoms with Crippen LogP contribution in [0.4, 0.5) is 0 Å². The molecule has 0 aromatic heterocycles. The molecule has 0 spiro atoms. The van der Waals surface area contributed by atoms with Gasteiger partial charge in [-0.15, -0.1) is 0 Å². The molecule has 1 fully saturated rings. The van der Waals surface area contributed by atoms with E-state index in [1.54, 1.807) is 0 Å². The molecule has 19 heavy (non-hydrogen) atoms. The number of hydrogen-bond donors (Lipinski definition) is 1. The second-order valence-electron chi connectivity index (χ2n) is 6.56. The van der Waals surface area contributed by atoms with Gasteiger partial charge in [-0.05, 0) is 49.1 Å². The van der Waals surface area contributed by atoms with Gasteiger partial charge in [0.25, 0.3) is 0 Å². The van der Waals surface area contributed by atoms with E-state index in [9.17, 15) is 5.11 Å². The molecule has 0 aliphatic carbocycles. The third-order valence-corrected chi connectivity index (χ3v) is 5.04. The van der Waals surface area contributed by atoms with Crippen LogP contribution < -0.4 is 4.74 Å². The fraction of sp³-hybridized carbons (Fsp3) is 0.625. The average Bonchev–Trinajstić information content (AvgIpc) is 2.27. The van der Waals surface area contributed by atoms with Crippen molar-refractivity contribution in [2.24, 2.45) is 5.41 Å². The van der Waals surface area contributed by atoms with E-state index < -0.39 is 5.60 Å². The topological polar surface area (TPSA) is 29.5 Å². The first-order valence-corrected chi connectivity index (χ1v) is 8.04. The van der Waals surface area contributed by atoms with Crippen molar-refractivity contribution in [3.63, 3.8) is 0 Å². The maximum absolute atomic E-state index is 10.9. The molecule has 1 N–H and O–H groups in total. The Hall–Kier alpha value is -0.670. The molecular weight excluding hydrogens is 256 g/mol. The van der Waals surface area contributed by atoms with E-state index in [4.69, 9.17) is 4.74 Å². The van der Waals surface area contributed by atoms with Gasteiger partial charge in [0.15, 0.2) is 0 Å². The summed E-state index contributed by atoms with van der Waals surface area (Å²) >= 11 is 1.84. The Labute approximate surface area is 120 Å². The lowest BCUT2D eigenvalue weighted by Gasteiger charge is -2.41.